The molecule has 2 rings (SSSR count). The minimum atomic E-state index is -0.0599. The molecule has 0 aliphatic heterocycles. The van der Waals surface area contributed by atoms with E-state index >= 15 is 0 Å². The molecule has 0 spiro atoms. The predicted molar refractivity (Wildman–Crippen MR) is 69.6 cm³/mol. The molecule has 17 heavy (non-hydrogen) atoms. The average molecular weight is 231 g/mol. The van der Waals surface area contributed by atoms with Gasteiger partial charge in [-0.05, 0) is 30.4 Å². The van der Waals surface area contributed by atoms with Gasteiger partial charge in [-0.1, -0.05) is 24.3 Å². The van der Waals surface area contributed by atoms with Crippen LogP contribution in [0.3, 0.4) is 0 Å². The molecule has 1 unspecified atom stereocenters. The maximum absolute atomic E-state index is 5.67. The van der Waals surface area contributed by atoms with Crippen LogP contribution in [0.4, 0.5) is 0 Å². The Balaban J connectivity index is 2.27. The average Bonchev–Trinajstić information content (AvgIpc) is 2.28. The van der Waals surface area contributed by atoms with Crippen molar-refractivity contribution in [1.29, 1.82) is 0 Å². The number of aryl methyl sites for hydroxylation is 1. The molecule has 0 fully saturated rings. The van der Waals surface area contributed by atoms with Gasteiger partial charge in [0.15, 0.2) is 5.96 Å². The summed E-state index contributed by atoms with van der Waals surface area (Å²) in [6, 6.07) is 8.36. The van der Waals surface area contributed by atoms with Gasteiger partial charge in [0, 0.05) is 0 Å². The van der Waals surface area contributed by atoms with E-state index in [0.717, 1.165) is 19.3 Å². The van der Waals surface area contributed by atoms with E-state index < -0.39 is 0 Å². The zero-order chi connectivity index (χ0) is 12.3. The zero-order valence-electron chi connectivity index (χ0n) is 9.63. The number of rotatable bonds is 1. The molecule has 0 heterocycles. The smallest absolute Gasteiger partial charge is 0.219 e. The predicted octanol–water partition coefficient (Wildman–Crippen LogP) is 0.652. The van der Waals surface area contributed by atoms with Gasteiger partial charge in [-0.3, -0.25) is 0 Å². The summed E-state index contributed by atoms with van der Waals surface area (Å²) >= 11 is 0. The van der Waals surface area contributed by atoms with Crippen molar-refractivity contribution in [2.24, 2.45) is 27.2 Å². The van der Waals surface area contributed by atoms with E-state index in [1.54, 1.807) is 0 Å². The maximum Gasteiger partial charge on any atom is 0.219 e. The lowest BCUT2D eigenvalue weighted by Gasteiger charge is -2.22. The second-order valence-electron chi connectivity index (χ2n) is 4.13. The van der Waals surface area contributed by atoms with Gasteiger partial charge in [0.25, 0.3) is 0 Å². The molecule has 0 saturated carbocycles. The molecule has 1 aromatic rings. The largest absolute Gasteiger partial charge is 0.370 e. The molecule has 1 aliphatic carbocycles. The van der Waals surface area contributed by atoms with Crippen LogP contribution in [0.25, 0.3) is 0 Å². The highest BCUT2D eigenvalue weighted by molar-refractivity contribution is 5.92. The standard InChI is InChI=1S/C12H17N5/c13-11(14)17-12(15)16-10-7-3-5-8-4-1-2-6-9(8)10/h1-2,4,6,10H,3,5,7H2,(H6,13,14,15,16,17). The van der Waals surface area contributed by atoms with Crippen LogP contribution < -0.4 is 17.2 Å². The van der Waals surface area contributed by atoms with E-state index in [1.165, 1.54) is 11.1 Å². The summed E-state index contributed by atoms with van der Waals surface area (Å²) in [5, 5.41) is 0. The third-order valence-electron chi connectivity index (χ3n) is 2.87. The quantitative estimate of drug-likeness (QED) is 0.488. The van der Waals surface area contributed by atoms with E-state index in [2.05, 4.69) is 22.1 Å². The third kappa shape index (κ3) is 2.75. The van der Waals surface area contributed by atoms with Gasteiger partial charge in [0.05, 0.1) is 6.04 Å². The highest BCUT2D eigenvalue weighted by Crippen LogP contribution is 2.32. The van der Waals surface area contributed by atoms with Crippen molar-refractivity contribution in [1.82, 2.24) is 0 Å². The van der Waals surface area contributed by atoms with Crippen LogP contribution in [-0.2, 0) is 6.42 Å². The first-order valence-electron chi connectivity index (χ1n) is 5.67. The summed E-state index contributed by atoms with van der Waals surface area (Å²) in [4.78, 5) is 8.11. The van der Waals surface area contributed by atoms with Crippen molar-refractivity contribution >= 4 is 11.9 Å². The first kappa shape index (κ1) is 11.4. The SMILES string of the molecule is NC(N)=NC(N)=NC1CCCc2ccccc21. The van der Waals surface area contributed by atoms with Gasteiger partial charge in [0.1, 0.15) is 0 Å². The Morgan fingerprint density at radius 3 is 2.71 bits per heavy atom. The Hall–Kier alpha value is -2.04. The molecule has 90 valence electrons. The topological polar surface area (TPSA) is 103 Å². The molecule has 1 atom stereocenters. The van der Waals surface area contributed by atoms with Crippen LogP contribution in [0.2, 0.25) is 0 Å². The zero-order valence-corrected chi connectivity index (χ0v) is 9.63. The number of nitrogens with two attached hydrogens (primary N) is 3. The van der Waals surface area contributed by atoms with E-state index in [0.29, 0.717) is 0 Å². The van der Waals surface area contributed by atoms with Gasteiger partial charge < -0.3 is 17.2 Å². The fourth-order valence-electron chi connectivity index (χ4n) is 2.18. The Morgan fingerprint density at radius 1 is 1.18 bits per heavy atom. The van der Waals surface area contributed by atoms with E-state index in [4.69, 9.17) is 17.2 Å². The number of nitrogens with zero attached hydrogens (tertiary/aromatic N) is 2. The van der Waals surface area contributed by atoms with Gasteiger partial charge in [0.2, 0.25) is 5.96 Å². The fraction of sp³-hybridized carbons (Fsp3) is 0.333. The lowest BCUT2D eigenvalue weighted by molar-refractivity contribution is 0.572. The molecular weight excluding hydrogens is 214 g/mol. The van der Waals surface area contributed by atoms with Crippen molar-refractivity contribution in [3.63, 3.8) is 0 Å². The van der Waals surface area contributed by atoms with Gasteiger partial charge in [-0.2, -0.15) is 4.99 Å². The summed E-state index contributed by atoms with van der Waals surface area (Å²) in [6.07, 6.45) is 3.20. The molecule has 0 radical (unpaired) electrons. The first-order valence-corrected chi connectivity index (χ1v) is 5.67. The first-order chi connectivity index (χ1) is 8.16. The fourth-order valence-corrected chi connectivity index (χ4v) is 2.18. The monoisotopic (exact) mass is 231 g/mol. The third-order valence-corrected chi connectivity index (χ3v) is 2.87. The summed E-state index contributed by atoms with van der Waals surface area (Å²) in [6.45, 7) is 0. The number of hydrogen-bond acceptors (Lipinski definition) is 1. The van der Waals surface area contributed by atoms with Crippen LogP contribution in [0.5, 0.6) is 0 Å². The highest BCUT2D eigenvalue weighted by Gasteiger charge is 2.18. The molecule has 6 N–H and O–H groups in total. The van der Waals surface area contributed by atoms with Crippen LogP contribution in [0.1, 0.15) is 30.0 Å². The Labute approximate surface area is 100 Å². The number of fused-ring (bicyclic) bond motifs is 1. The number of aliphatic imine (C=N–C) groups is 2. The maximum atomic E-state index is 5.67. The van der Waals surface area contributed by atoms with E-state index in [1.807, 2.05) is 12.1 Å². The van der Waals surface area contributed by atoms with Crippen molar-refractivity contribution in [2.75, 3.05) is 0 Å². The number of benzene rings is 1. The van der Waals surface area contributed by atoms with E-state index in [-0.39, 0.29) is 18.0 Å². The second-order valence-corrected chi connectivity index (χ2v) is 4.13. The van der Waals surface area contributed by atoms with Gasteiger partial charge in [-0.25, -0.2) is 4.99 Å². The van der Waals surface area contributed by atoms with Crippen LogP contribution in [0, 0.1) is 0 Å². The lowest BCUT2D eigenvalue weighted by atomic mass is 9.88. The van der Waals surface area contributed by atoms with Crippen molar-refractivity contribution < 1.29 is 0 Å². The van der Waals surface area contributed by atoms with Gasteiger partial charge in [-0.15, -0.1) is 0 Å². The summed E-state index contributed by atoms with van der Waals surface area (Å²) in [5.74, 6) is 0.0852. The Morgan fingerprint density at radius 2 is 1.94 bits per heavy atom. The Bertz CT molecular complexity index is 460. The number of guanidine groups is 2. The molecule has 5 nitrogen and oxygen atoms in total. The van der Waals surface area contributed by atoms with Crippen molar-refractivity contribution in [2.45, 2.75) is 25.3 Å². The normalized spacial score (nSPS) is 19.5. The molecule has 1 aromatic carbocycles. The molecule has 0 bridgehead atoms. The molecule has 1 aliphatic rings. The molecule has 5 heteroatoms. The van der Waals surface area contributed by atoms with Crippen molar-refractivity contribution in [3.8, 4) is 0 Å². The Kier molecular flexibility index (Phi) is 3.27. The number of hydrogen-bond donors (Lipinski definition) is 3. The molecule has 0 saturated heterocycles. The summed E-state index contributed by atoms with van der Waals surface area (Å²) in [5.41, 5.74) is 18.8. The lowest BCUT2D eigenvalue weighted by Crippen LogP contribution is -2.27. The molecular formula is C12H17N5. The molecule has 0 amide bonds. The van der Waals surface area contributed by atoms with E-state index in [9.17, 15) is 0 Å². The second kappa shape index (κ2) is 4.86. The minimum Gasteiger partial charge on any atom is -0.370 e. The van der Waals surface area contributed by atoms with Crippen LogP contribution >= 0.6 is 0 Å². The highest BCUT2D eigenvalue weighted by atomic mass is 15.1. The molecule has 0 aromatic heterocycles. The van der Waals surface area contributed by atoms with Crippen LogP contribution in [-0.4, -0.2) is 11.9 Å². The van der Waals surface area contributed by atoms with Gasteiger partial charge >= 0.3 is 0 Å². The summed E-state index contributed by atoms with van der Waals surface area (Å²) < 4.78 is 0. The minimum absolute atomic E-state index is 0.0599. The van der Waals surface area contributed by atoms with Crippen LogP contribution in [0.15, 0.2) is 34.3 Å². The summed E-state index contributed by atoms with van der Waals surface area (Å²) in [7, 11) is 0. The van der Waals surface area contributed by atoms with Crippen molar-refractivity contribution in [3.05, 3.63) is 35.4 Å².